The maximum Gasteiger partial charge on any atom is 0.270 e. The fourth-order valence-electron chi connectivity index (χ4n) is 2.15. The van der Waals surface area contributed by atoms with E-state index < -0.39 is 10.5 Å². The molecule has 20 heavy (non-hydrogen) atoms. The zero-order valence-electron chi connectivity index (χ0n) is 10.8. The van der Waals surface area contributed by atoms with Gasteiger partial charge in [0.15, 0.2) is 0 Å². The minimum absolute atomic E-state index is 0.0527. The molecule has 0 bridgehead atoms. The lowest BCUT2D eigenvalue weighted by Gasteiger charge is -2.31. The Labute approximate surface area is 114 Å². The molecule has 1 aliphatic heterocycles. The predicted molar refractivity (Wildman–Crippen MR) is 71.2 cm³/mol. The van der Waals surface area contributed by atoms with E-state index in [0.717, 1.165) is 0 Å². The maximum atomic E-state index is 10.7. The largest absolute Gasteiger partial charge is 0.481 e. The number of nitrogens with zero attached hydrogens (tertiary/aromatic N) is 4. The lowest BCUT2D eigenvalue weighted by Crippen LogP contribution is -2.37. The second-order valence-electron chi connectivity index (χ2n) is 4.83. The topological polar surface area (TPSA) is 83.1 Å². The molecular formula is C13H12N4O3. The van der Waals surface area contributed by atoms with Gasteiger partial charge in [0.05, 0.1) is 17.7 Å². The monoisotopic (exact) mass is 272 g/mol. The highest BCUT2D eigenvalue weighted by molar-refractivity contribution is 5.63. The van der Waals surface area contributed by atoms with Crippen LogP contribution in [-0.4, -0.2) is 25.5 Å². The fourth-order valence-corrected chi connectivity index (χ4v) is 2.15. The number of nitro benzene ring substituents is 1. The van der Waals surface area contributed by atoms with E-state index in [0.29, 0.717) is 17.9 Å². The average Bonchev–Trinajstić information content (AvgIpc) is 2.90. The minimum Gasteiger partial charge on any atom is -0.481 e. The Hall–Kier alpha value is -2.70. The van der Waals surface area contributed by atoms with Crippen LogP contribution in [0.25, 0.3) is 6.08 Å². The SMILES string of the molecule is CC1(Cn2ccnn2)C=Cc2cc([N+](=O)[O-])ccc2O1. The van der Waals surface area contributed by atoms with Crippen LogP contribution in [0.15, 0.2) is 36.7 Å². The Morgan fingerprint density at radius 2 is 2.35 bits per heavy atom. The first-order valence-corrected chi connectivity index (χ1v) is 6.07. The second kappa shape index (κ2) is 4.44. The molecule has 1 unspecified atom stereocenters. The van der Waals surface area contributed by atoms with Gasteiger partial charge in [0.1, 0.15) is 11.4 Å². The number of ether oxygens (including phenoxy) is 1. The van der Waals surface area contributed by atoms with Crippen molar-refractivity contribution in [1.82, 2.24) is 15.0 Å². The third-order valence-corrected chi connectivity index (χ3v) is 3.11. The molecule has 1 atom stereocenters. The molecular weight excluding hydrogens is 260 g/mol. The molecule has 102 valence electrons. The summed E-state index contributed by atoms with van der Waals surface area (Å²) in [5.41, 5.74) is 0.198. The highest BCUT2D eigenvalue weighted by Crippen LogP contribution is 2.33. The highest BCUT2D eigenvalue weighted by Gasteiger charge is 2.29. The van der Waals surface area contributed by atoms with Crippen LogP contribution >= 0.6 is 0 Å². The van der Waals surface area contributed by atoms with E-state index in [1.165, 1.54) is 12.1 Å². The van der Waals surface area contributed by atoms with Crippen LogP contribution in [0.2, 0.25) is 0 Å². The molecule has 1 aliphatic rings. The number of benzene rings is 1. The third kappa shape index (κ3) is 2.25. The second-order valence-corrected chi connectivity index (χ2v) is 4.83. The summed E-state index contributed by atoms with van der Waals surface area (Å²) in [6.45, 7) is 2.44. The first-order chi connectivity index (χ1) is 9.56. The van der Waals surface area contributed by atoms with E-state index in [2.05, 4.69) is 10.3 Å². The molecule has 2 aromatic rings. The molecule has 0 saturated heterocycles. The Balaban J connectivity index is 1.88. The maximum absolute atomic E-state index is 10.7. The Morgan fingerprint density at radius 3 is 3.05 bits per heavy atom. The van der Waals surface area contributed by atoms with Gasteiger partial charge in [0.2, 0.25) is 0 Å². The van der Waals surface area contributed by atoms with Gasteiger partial charge in [0.25, 0.3) is 5.69 Å². The lowest BCUT2D eigenvalue weighted by molar-refractivity contribution is -0.384. The number of nitro groups is 1. The molecule has 0 amide bonds. The summed E-state index contributed by atoms with van der Waals surface area (Å²) < 4.78 is 7.61. The van der Waals surface area contributed by atoms with Gasteiger partial charge in [-0.3, -0.25) is 10.1 Å². The minimum atomic E-state index is -0.559. The molecule has 0 radical (unpaired) electrons. The van der Waals surface area contributed by atoms with E-state index in [-0.39, 0.29) is 5.69 Å². The van der Waals surface area contributed by atoms with E-state index in [1.54, 1.807) is 23.1 Å². The molecule has 1 aromatic heterocycles. The summed E-state index contributed by atoms with van der Waals surface area (Å²) in [7, 11) is 0. The molecule has 0 fully saturated rings. The molecule has 0 saturated carbocycles. The van der Waals surface area contributed by atoms with Gasteiger partial charge >= 0.3 is 0 Å². The Morgan fingerprint density at radius 1 is 1.50 bits per heavy atom. The Bertz CT molecular complexity index is 681. The van der Waals surface area contributed by atoms with Gasteiger partial charge < -0.3 is 4.74 Å². The lowest BCUT2D eigenvalue weighted by atomic mass is 10.00. The van der Waals surface area contributed by atoms with Crippen LogP contribution in [-0.2, 0) is 6.54 Å². The molecule has 0 spiro atoms. The van der Waals surface area contributed by atoms with Crippen molar-refractivity contribution in [1.29, 1.82) is 0 Å². The van der Waals surface area contributed by atoms with Crippen molar-refractivity contribution >= 4 is 11.8 Å². The van der Waals surface area contributed by atoms with Crippen molar-refractivity contribution < 1.29 is 9.66 Å². The van der Waals surface area contributed by atoms with Gasteiger partial charge in [-0.25, -0.2) is 4.68 Å². The summed E-state index contributed by atoms with van der Waals surface area (Å²) in [6, 6.07) is 4.56. The number of aromatic nitrogens is 3. The van der Waals surface area contributed by atoms with E-state index in [1.807, 2.05) is 19.1 Å². The zero-order valence-corrected chi connectivity index (χ0v) is 10.8. The molecule has 0 N–H and O–H groups in total. The highest BCUT2D eigenvalue weighted by atomic mass is 16.6. The van der Waals surface area contributed by atoms with E-state index in [4.69, 9.17) is 4.74 Å². The summed E-state index contributed by atoms with van der Waals surface area (Å²) in [4.78, 5) is 10.3. The van der Waals surface area contributed by atoms with Crippen LogP contribution in [0.4, 0.5) is 5.69 Å². The average molecular weight is 272 g/mol. The van der Waals surface area contributed by atoms with Crippen molar-refractivity contribution in [3.8, 4) is 5.75 Å². The van der Waals surface area contributed by atoms with Gasteiger partial charge in [-0.2, -0.15) is 0 Å². The number of hydrogen-bond donors (Lipinski definition) is 0. The summed E-state index contributed by atoms with van der Waals surface area (Å²) in [5, 5.41) is 18.4. The van der Waals surface area contributed by atoms with Crippen LogP contribution in [0, 0.1) is 10.1 Å². The summed E-state index contributed by atoms with van der Waals surface area (Å²) in [5.74, 6) is 0.626. The number of fused-ring (bicyclic) bond motifs is 1. The van der Waals surface area contributed by atoms with Crippen molar-refractivity contribution in [3.63, 3.8) is 0 Å². The summed E-state index contributed by atoms with van der Waals surface area (Å²) in [6.07, 6.45) is 7.07. The molecule has 7 nitrogen and oxygen atoms in total. The van der Waals surface area contributed by atoms with Crippen molar-refractivity contribution in [2.75, 3.05) is 0 Å². The molecule has 3 rings (SSSR count). The predicted octanol–water partition coefficient (Wildman–Crippen LogP) is 2.05. The first-order valence-electron chi connectivity index (χ1n) is 6.07. The van der Waals surface area contributed by atoms with Gasteiger partial charge in [-0.1, -0.05) is 11.3 Å². The van der Waals surface area contributed by atoms with Gasteiger partial charge in [0, 0.05) is 23.9 Å². The summed E-state index contributed by atoms with van der Waals surface area (Å²) >= 11 is 0. The number of rotatable bonds is 3. The molecule has 2 heterocycles. The normalized spacial score (nSPS) is 20.2. The third-order valence-electron chi connectivity index (χ3n) is 3.11. The number of hydrogen-bond acceptors (Lipinski definition) is 5. The Kier molecular flexibility index (Phi) is 2.74. The van der Waals surface area contributed by atoms with Crippen LogP contribution < -0.4 is 4.74 Å². The molecule has 0 aliphatic carbocycles. The van der Waals surface area contributed by atoms with Crippen molar-refractivity contribution in [2.24, 2.45) is 0 Å². The van der Waals surface area contributed by atoms with Crippen LogP contribution in [0.3, 0.4) is 0 Å². The van der Waals surface area contributed by atoms with Crippen molar-refractivity contribution in [3.05, 3.63) is 52.3 Å². The van der Waals surface area contributed by atoms with Gasteiger partial charge in [-0.05, 0) is 19.1 Å². The zero-order chi connectivity index (χ0) is 14.2. The molecule has 1 aromatic carbocycles. The quantitative estimate of drug-likeness (QED) is 0.630. The number of non-ortho nitro benzene ring substituents is 1. The smallest absolute Gasteiger partial charge is 0.270 e. The molecule has 7 heteroatoms. The first kappa shape index (κ1) is 12.3. The van der Waals surface area contributed by atoms with E-state index >= 15 is 0 Å². The van der Waals surface area contributed by atoms with Crippen LogP contribution in [0.5, 0.6) is 5.75 Å². The van der Waals surface area contributed by atoms with Crippen LogP contribution in [0.1, 0.15) is 12.5 Å². The standard InChI is InChI=1S/C13H12N4O3/c1-13(9-16-7-6-14-15-16)5-4-10-8-11(17(18)19)2-3-12(10)20-13/h2-8H,9H2,1H3. The van der Waals surface area contributed by atoms with Gasteiger partial charge in [-0.15, -0.1) is 5.10 Å². The fraction of sp³-hybridized carbons (Fsp3) is 0.231. The van der Waals surface area contributed by atoms with Crippen molar-refractivity contribution in [2.45, 2.75) is 19.1 Å². The van der Waals surface area contributed by atoms with E-state index in [9.17, 15) is 10.1 Å².